The maximum absolute atomic E-state index is 13.1. The molecule has 4 nitrogen and oxygen atoms in total. The standard InChI is InChI=1S/C15H22FNO3S/c1-11-5-7-15(18,8-6-11)10-17-21(19,20)14-4-3-13(16)9-12(14)2/h3-4,9,11,17-18H,5-8,10H2,1-2H3. The molecule has 0 radical (unpaired) electrons. The highest BCUT2D eigenvalue weighted by atomic mass is 32.2. The van der Waals surface area contributed by atoms with Gasteiger partial charge in [0, 0.05) is 6.54 Å². The minimum atomic E-state index is -3.74. The van der Waals surface area contributed by atoms with E-state index in [1.54, 1.807) is 6.92 Å². The van der Waals surface area contributed by atoms with E-state index in [1.165, 1.54) is 12.1 Å². The molecule has 0 atom stereocenters. The second-order valence-corrected chi connectivity index (χ2v) is 7.88. The van der Waals surface area contributed by atoms with Crippen LogP contribution in [-0.2, 0) is 10.0 Å². The molecule has 0 amide bonds. The van der Waals surface area contributed by atoms with Gasteiger partial charge in [-0.25, -0.2) is 17.5 Å². The summed E-state index contributed by atoms with van der Waals surface area (Å²) in [5.41, 5.74) is -0.625. The molecular formula is C15H22FNO3S. The van der Waals surface area contributed by atoms with Gasteiger partial charge in [-0.2, -0.15) is 0 Å². The van der Waals surface area contributed by atoms with Gasteiger partial charge >= 0.3 is 0 Å². The van der Waals surface area contributed by atoms with E-state index in [1.807, 2.05) is 0 Å². The zero-order chi connectivity index (χ0) is 15.7. The molecule has 1 aliphatic rings. The van der Waals surface area contributed by atoms with Crippen molar-refractivity contribution in [2.24, 2.45) is 5.92 Å². The second kappa shape index (κ2) is 6.02. The highest BCUT2D eigenvalue weighted by Crippen LogP contribution is 2.31. The van der Waals surface area contributed by atoms with Crippen molar-refractivity contribution in [2.45, 2.75) is 50.0 Å². The molecule has 118 valence electrons. The van der Waals surface area contributed by atoms with Gasteiger partial charge in [-0.3, -0.25) is 0 Å². The maximum atomic E-state index is 13.1. The summed E-state index contributed by atoms with van der Waals surface area (Å²) in [6.07, 6.45) is 2.99. The van der Waals surface area contributed by atoms with Gasteiger partial charge in [-0.05, 0) is 62.3 Å². The minimum absolute atomic E-state index is 0.00112. The van der Waals surface area contributed by atoms with E-state index in [9.17, 15) is 17.9 Å². The zero-order valence-corrected chi connectivity index (χ0v) is 13.2. The van der Waals surface area contributed by atoms with E-state index in [0.29, 0.717) is 24.3 Å². The number of aliphatic hydroxyl groups is 1. The molecule has 1 aromatic carbocycles. The fourth-order valence-electron chi connectivity index (χ4n) is 2.70. The lowest BCUT2D eigenvalue weighted by atomic mass is 9.80. The van der Waals surface area contributed by atoms with Crippen LogP contribution in [0.2, 0.25) is 0 Å². The molecule has 2 N–H and O–H groups in total. The van der Waals surface area contributed by atoms with Crippen molar-refractivity contribution in [3.05, 3.63) is 29.6 Å². The number of hydrogen-bond acceptors (Lipinski definition) is 3. The summed E-state index contributed by atoms with van der Waals surface area (Å²) in [5, 5.41) is 10.4. The van der Waals surface area contributed by atoms with Gasteiger partial charge in [-0.1, -0.05) is 6.92 Å². The molecule has 0 bridgehead atoms. The lowest BCUT2D eigenvalue weighted by molar-refractivity contribution is -0.00183. The van der Waals surface area contributed by atoms with E-state index in [2.05, 4.69) is 11.6 Å². The molecule has 1 aromatic rings. The van der Waals surface area contributed by atoms with Crippen LogP contribution in [0.1, 0.15) is 38.2 Å². The van der Waals surface area contributed by atoms with E-state index in [-0.39, 0.29) is 11.4 Å². The Morgan fingerprint density at radius 3 is 2.57 bits per heavy atom. The Bertz CT molecular complexity index is 607. The van der Waals surface area contributed by atoms with Gasteiger partial charge in [0.2, 0.25) is 10.0 Å². The van der Waals surface area contributed by atoms with Gasteiger partial charge in [0.1, 0.15) is 5.82 Å². The smallest absolute Gasteiger partial charge is 0.240 e. The summed E-state index contributed by atoms with van der Waals surface area (Å²) < 4.78 is 40.1. The van der Waals surface area contributed by atoms with Gasteiger partial charge in [0.15, 0.2) is 0 Å². The number of aryl methyl sites for hydroxylation is 1. The van der Waals surface area contributed by atoms with Crippen LogP contribution in [0.3, 0.4) is 0 Å². The Morgan fingerprint density at radius 2 is 2.00 bits per heavy atom. The van der Waals surface area contributed by atoms with Crippen LogP contribution in [0.5, 0.6) is 0 Å². The van der Waals surface area contributed by atoms with Crippen molar-refractivity contribution in [1.29, 1.82) is 0 Å². The van der Waals surface area contributed by atoms with Crippen LogP contribution >= 0.6 is 0 Å². The molecule has 6 heteroatoms. The minimum Gasteiger partial charge on any atom is -0.389 e. The predicted molar refractivity (Wildman–Crippen MR) is 78.9 cm³/mol. The average molecular weight is 315 g/mol. The molecule has 0 spiro atoms. The van der Waals surface area contributed by atoms with Crippen molar-refractivity contribution < 1.29 is 17.9 Å². The van der Waals surface area contributed by atoms with E-state index < -0.39 is 21.4 Å². The first kappa shape index (κ1) is 16.4. The molecule has 2 rings (SSSR count). The highest BCUT2D eigenvalue weighted by molar-refractivity contribution is 7.89. The number of halogens is 1. The third kappa shape index (κ3) is 4.02. The number of sulfonamides is 1. The molecule has 0 unspecified atom stereocenters. The first-order valence-corrected chi connectivity index (χ1v) is 8.68. The fraction of sp³-hybridized carbons (Fsp3) is 0.600. The molecule has 1 aliphatic carbocycles. The maximum Gasteiger partial charge on any atom is 0.240 e. The summed E-state index contributed by atoms with van der Waals surface area (Å²) in [5.74, 6) is 0.104. The van der Waals surface area contributed by atoms with Gasteiger partial charge in [0.05, 0.1) is 10.5 Å². The molecule has 1 saturated carbocycles. The van der Waals surface area contributed by atoms with Gasteiger partial charge in [0.25, 0.3) is 0 Å². The first-order chi connectivity index (χ1) is 9.72. The molecule has 0 heterocycles. The fourth-order valence-corrected chi connectivity index (χ4v) is 4.04. The number of nitrogens with one attached hydrogen (secondary N) is 1. The Morgan fingerprint density at radius 1 is 1.38 bits per heavy atom. The van der Waals surface area contributed by atoms with Crippen LogP contribution < -0.4 is 4.72 Å². The van der Waals surface area contributed by atoms with Crippen molar-refractivity contribution in [3.8, 4) is 0 Å². The van der Waals surface area contributed by atoms with Crippen molar-refractivity contribution in [1.82, 2.24) is 4.72 Å². The lowest BCUT2D eigenvalue weighted by Crippen LogP contribution is -2.45. The van der Waals surface area contributed by atoms with E-state index in [0.717, 1.165) is 18.9 Å². The Hall–Kier alpha value is -0.980. The lowest BCUT2D eigenvalue weighted by Gasteiger charge is -2.34. The van der Waals surface area contributed by atoms with Gasteiger partial charge in [-0.15, -0.1) is 0 Å². The van der Waals surface area contributed by atoms with Crippen molar-refractivity contribution >= 4 is 10.0 Å². The Kier molecular flexibility index (Phi) is 4.70. The SMILES string of the molecule is Cc1cc(F)ccc1S(=O)(=O)NCC1(O)CCC(C)CC1. The summed E-state index contributed by atoms with van der Waals surface area (Å²) in [6.45, 7) is 3.68. The zero-order valence-electron chi connectivity index (χ0n) is 12.4. The predicted octanol–water partition coefficient (Wildman–Crippen LogP) is 2.35. The highest BCUT2D eigenvalue weighted by Gasteiger charge is 2.33. The summed E-state index contributed by atoms with van der Waals surface area (Å²) >= 11 is 0. The van der Waals surface area contributed by atoms with Gasteiger partial charge < -0.3 is 5.11 Å². The normalized spacial score (nSPS) is 26.8. The molecule has 0 aliphatic heterocycles. The molecule has 1 fully saturated rings. The average Bonchev–Trinajstić information content (AvgIpc) is 2.40. The van der Waals surface area contributed by atoms with Crippen molar-refractivity contribution in [3.63, 3.8) is 0 Å². The topological polar surface area (TPSA) is 66.4 Å². The third-order valence-electron chi connectivity index (χ3n) is 4.22. The van der Waals surface area contributed by atoms with Crippen LogP contribution in [0.25, 0.3) is 0 Å². The molecule has 21 heavy (non-hydrogen) atoms. The number of benzene rings is 1. The van der Waals surface area contributed by atoms with E-state index in [4.69, 9.17) is 0 Å². The third-order valence-corrected chi connectivity index (χ3v) is 5.78. The summed E-state index contributed by atoms with van der Waals surface area (Å²) in [7, 11) is -3.74. The summed E-state index contributed by atoms with van der Waals surface area (Å²) in [6, 6.07) is 3.56. The molecule has 0 aromatic heterocycles. The number of hydrogen-bond donors (Lipinski definition) is 2. The van der Waals surface area contributed by atoms with Crippen molar-refractivity contribution in [2.75, 3.05) is 6.54 Å². The molecule has 0 saturated heterocycles. The second-order valence-electron chi connectivity index (χ2n) is 6.14. The quantitative estimate of drug-likeness (QED) is 0.896. The van der Waals surface area contributed by atoms with E-state index >= 15 is 0 Å². The molecular weight excluding hydrogens is 293 g/mol. The monoisotopic (exact) mass is 315 g/mol. The Labute approximate surface area is 125 Å². The largest absolute Gasteiger partial charge is 0.389 e. The van der Waals surface area contributed by atoms with Crippen LogP contribution in [0, 0.1) is 18.7 Å². The van der Waals surface area contributed by atoms with Crippen LogP contribution in [0.15, 0.2) is 23.1 Å². The Balaban J connectivity index is 2.08. The van der Waals surface area contributed by atoms with Crippen LogP contribution in [-0.4, -0.2) is 25.7 Å². The summed E-state index contributed by atoms with van der Waals surface area (Å²) in [4.78, 5) is 0.0525. The van der Waals surface area contributed by atoms with Crippen LogP contribution in [0.4, 0.5) is 4.39 Å². The first-order valence-electron chi connectivity index (χ1n) is 7.20. The number of rotatable bonds is 4.